The molecule has 0 aromatic heterocycles. The summed E-state index contributed by atoms with van der Waals surface area (Å²) in [6.45, 7) is 0.947. The highest BCUT2D eigenvalue weighted by Crippen LogP contribution is 2.13. The van der Waals surface area contributed by atoms with E-state index in [1.54, 1.807) is 36.4 Å². The van der Waals surface area contributed by atoms with Gasteiger partial charge in [0.05, 0.1) is 6.04 Å². The molecule has 0 bridgehead atoms. The number of aromatic hydroxyl groups is 1. The van der Waals surface area contributed by atoms with Crippen LogP contribution in [0.25, 0.3) is 0 Å². The second kappa shape index (κ2) is 16.0. The van der Waals surface area contributed by atoms with Crippen LogP contribution in [0.5, 0.6) is 5.75 Å². The van der Waals surface area contributed by atoms with E-state index in [-0.39, 0.29) is 43.4 Å². The number of carboxylic acids is 1. The lowest BCUT2D eigenvalue weighted by molar-refractivity contribution is -0.142. The summed E-state index contributed by atoms with van der Waals surface area (Å²) in [7, 11) is 0. The van der Waals surface area contributed by atoms with Gasteiger partial charge in [-0.15, -0.1) is 0 Å². The van der Waals surface area contributed by atoms with Crippen molar-refractivity contribution in [1.29, 1.82) is 0 Å². The number of phenolic OH excluding ortho intramolecular Hbond substituents is 1. The Labute approximate surface area is 244 Å². The quantitative estimate of drug-likeness (QED) is 0.0772. The molecule has 0 aliphatic carbocycles. The predicted molar refractivity (Wildman–Crippen MR) is 156 cm³/mol. The number of guanidine groups is 1. The number of hydrogen-bond acceptors (Lipinski definition) is 7. The Morgan fingerprint density at radius 1 is 0.881 bits per heavy atom. The molecule has 1 saturated heterocycles. The van der Waals surface area contributed by atoms with Crippen molar-refractivity contribution in [2.24, 2.45) is 16.5 Å². The number of aliphatic imine (C=N–C) groups is 1. The molecule has 42 heavy (non-hydrogen) atoms. The minimum atomic E-state index is -1.29. The third-order valence-corrected chi connectivity index (χ3v) is 6.86. The minimum absolute atomic E-state index is 0.0314. The van der Waals surface area contributed by atoms with Crippen LogP contribution in [0.15, 0.2) is 59.6 Å². The molecule has 1 fully saturated rings. The number of rotatable bonds is 15. The van der Waals surface area contributed by atoms with Crippen LogP contribution in [0.3, 0.4) is 0 Å². The van der Waals surface area contributed by atoms with Crippen molar-refractivity contribution in [2.75, 3.05) is 13.1 Å². The van der Waals surface area contributed by atoms with Gasteiger partial charge in [-0.3, -0.25) is 19.4 Å². The van der Waals surface area contributed by atoms with Crippen molar-refractivity contribution in [1.82, 2.24) is 21.3 Å². The van der Waals surface area contributed by atoms with Crippen LogP contribution in [0.2, 0.25) is 0 Å². The Morgan fingerprint density at radius 3 is 2.12 bits per heavy atom. The summed E-state index contributed by atoms with van der Waals surface area (Å²) in [6, 6.07) is 11.1. The number of nitrogens with one attached hydrogen (secondary N) is 4. The molecular weight excluding hydrogens is 542 g/mol. The van der Waals surface area contributed by atoms with Crippen LogP contribution in [0, 0.1) is 0 Å². The van der Waals surface area contributed by atoms with E-state index in [0.29, 0.717) is 24.9 Å². The van der Waals surface area contributed by atoms with Gasteiger partial charge in [0, 0.05) is 19.4 Å². The van der Waals surface area contributed by atoms with Gasteiger partial charge >= 0.3 is 5.97 Å². The van der Waals surface area contributed by atoms with Gasteiger partial charge in [-0.05, 0) is 55.5 Å². The summed E-state index contributed by atoms with van der Waals surface area (Å²) in [5.74, 6) is -2.92. The van der Waals surface area contributed by atoms with Crippen molar-refractivity contribution in [3.05, 3.63) is 65.7 Å². The first kappa shape index (κ1) is 31.9. The van der Waals surface area contributed by atoms with E-state index in [1.165, 1.54) is 12.1 Å². The molecule has 0 spiro atoms. The first-order chi connectivity index (χ1) is 20.1. The number of aliphatic carboxylic acids is 1. The molecule has 1 aliphatic heterocycles. The molecule has 13 nitrogen and oxygen atoms in total. The zero-order valence-electron chi connectivity index (χ0n) is 23.3. The molecule has 226 valence electrons. The molecule has 4 unspecified atom stereocenters. The maximum Gasteiger partial charge on any atom is 0.326 e. The Balaban J connectivity index is 1.77. The lowest BCUT2D eigenvalue weighted by Crippen LogP contribution is -2.57. The number of carbonyl (C=O) groups excluding carboxylic acids is 3. The van der Waals surface area contributed by atoms with Crippen molar-refractivity contribution < 1.29 is 29.4 Å². The molecule has 3 rings (SSSR count). The zero-order valence-corrected chi connectivity index (χ0v) is 23.3. The molecule has 2 aromatic rings. The topological polar surface area (TPSA) is 221 Å². The van der Waals surface area contributed by atoms with Crippen LogP contribution in [-0.4, -0.2) is 77.1 Å². The minimum Gasteiger partial charge on any atom is -0.508 e. The highest BCUT2D eigenvalue weighted by atomic mass is 16.4. The summed E-state index contributed by atoms with van der Waals surface area (Å²) in [5.41, 5.74) is 12.1. The highest BCUT2D eigenvalue weighted by molar-refractivity contribution is 5.94. The van der Waals surface area contributed by atoms with Gasteiger partial charge in [0.15, 0.2) is 5.96 Å². The Kier molecular flexibility index (Phi) is 12.1. The van der Waals surface area contributed by atoms with Gasteiger partial charge in [0.25, 0.3) is 0 Å². The summed E-state index contributed by atoms with van der Waals surface area (Å²) in [5, 5.41) is 30.5. The summed E-state index contributed by atoms with van der Waals surface area (Å²) >= 11 is 0. The molecule has 13 heteroatoms. The predicted octanol–water partition coefficient (Wildman–Crippen LogP) is -0.478. The largest absolute Gasteiger partial charge is 0.508 e. The van der Waals surface area contributed by atoms with E-state index < -0.39 is 42.0 Å². The Bertz CT molecular complexity index is 1230. The number of carboxylic acid groups (broad SMARTS) is 1. The van der Waals surface area contributed by atoms with Crippen molar-refractivity contribution >= 4 is 29.7 Å². The van der Waals surface area contributed by atoms with Crippen molar-refractivity contribution in [2.45, 2.75) is 62.7 Å². The van der Waals surface area contributed by atoms with Crippen LogP contribution >= 0.6 is 0 Å². The molecular formula is C29H39N7O6. The average Bonchev–Trinajstić information content (AvgIpc) is 3.51. The van der Waals surface area contributed by atoms with Gasteiger partial charge < -0.3 is 42.9 Å². The number of nitrogens with two attached hydrogens (primary N) is 2. The zero-order chi connectivity index (χ0) is 30.5. The van der Waals surface area contributed by atoms with Gasteiger partial charge in [-0.2, -0.15) is 0 Å². The van der Waals surface area contributed by atoms with Crippen molar-refractivity contribution in [3.8, 4) is 5.75 Å². The van der Waals surface area contributed by atoms with Crippen LogP contribution in [0.4, 0.5) is 0 Å². The summed E-state index contributed by atoms with van der Waals surface area (Å²) < 4.78 is 0. The van der Waals surface area contributed by atoms with E-state index >= 15 is 0 Å². The fourth-order valence-corrected chi connectivity index (χ4v) is 4.62. The van der Waals surface area contributed by atoms with E-state index in [9.17, 15) is 29.4 Å². The lowest BCUT2D eigenvalue weighted by atomic mass is 10.0. The van der Waals surface area contributed by atoms with Gasteiger partial charge in [-0.1, -0.05) is 42.5 Å². The van der Waals surface area contributed by atoms with Gasteiger partial charge in [0.2, 0.25) is 17.7 Å². The van der Waals surface area contributed by atoms with E-state index in [0.717, 1.165) is 12.0 Å². The van der Waals surface area contributed by atoms with Crippen LogP contribution < -0.4 is 32.7 Å². The van der Waals surface area contributed by atoms with Gasteiger partial charge in [-0.25, -0.2) is 4.79 Å². The number of benzene rings is 2. The average molecular weight is 582 g/mol. The molecule has 2 aromatic carbocycles. The number of phenols is 1. The Morgan fingerprint density at radius 2 is 1.50 bits per heavy atom. The highest BCUT2D eigenvalue weighted by Gasteiger charge is 2.31. The fraction of sp³-hybridized carbons (Fsp3) is 0.414. The third kappa shape index (κ3) is 10.4. The summed E-state index contributed by atoms with van der Waals surface area (Å²) in [6.07, 6.45) is 2.13. The maximum atomic E-state index is 13.5. The normalized spacial score (nSPS) is 16.4. The molecule has 1 aliphatic rings. The number of amides is 3. The van der Waals surface area contributed by atoms with Crippen molar-refractivity contribution in [3.63, 3.8) is 0 Å². The molecule has 3 amide bonds. The standard InChI is InChI=1S/C29H39N7O6/c30-29(31)33-15-5-9-22(34-25(38)21-8-4-14-32-21)26(39)35-23(16-18-6-2-1-3-7-18)27(40)36-24(28(41)42)17-19-10-12-20(37)13-11-19/h1-3,6-7,10-13,21-24,32,37H,4-5,8-9,14-17H2,(H,34,38)(H,35,39)(H,36,40)(H,41,42)(H4,30,31,33). The van der Waals surface area contributed by atoms with Crippen LogP contribution in [0.1, 0.15) is 36.8 Å². The van der Waals surface area contributed by atoms with E-state index in [4.69, 9.17) is 11.5 Å². The second-order valence-corrected chi connectivity index (χ2v) is 10.2. The first-order valence-corrected chi connectivity index (χ1v) is 13.9. The molecule has 0 radical (unpaired) electrons. The second-order valence-electron chi connectivity index (χ2n) is 10.2. The maximum absolute atomic E-state index is 13.5. The smallest absolute Gasteiger partial charge is 0.326 e. The third-order valence-electron chi connectivity index (χ3n) is 6.86. The monoisotopic (exact) mass is 581 g/mol. The number of carbonyl (C=O) groups is 4. The molecule has 4 atom stereocenters. The van der Waals surface area contributed by atoms with Gasteiger partial charge in [0.1, 0.15) is 23.9 Å². The SMILES string of the molecule is NC(N)=NCCCC(NC(=O)C1CCCN1)C(=O)NC(Cc1ccccc1)C(=O)NC(Cc1ccc(O)cc1)C(=O)O. The van der Waals surface area contributed by atoms with E-state index in [2.05, 4.69) is 26.3 Å². The number of nitrogens with zero attached hydrogens (tertiary/aromatic N) is 1. The molecule has 0 saturated carbocycles. The Hall–Kier alpha value is -4.65. The molecule has 10 N–H and O–H groups in total. The number of hydrogen-bond donors (Lipinski definition) is 8. The molecule has 1 heterocycles. The summed E-state index contributed by atoms with van der Waals surface area (Å²) in [4.78, 5) is 55.8. The lowest BCUT2D eigenvalue weighted by Gasteiger charge is -2.25. The van der Waals surface area contributed by atoms with Crippen LogP contribution in [-0.2, 0) is 32.0 Å². The first-order valence-electron chi connectivity index (χ1n) is 13.9. The fourth-order valence-electron chi connectivity index (χ4n) is 4.62. The van der Waals surface area contributed by atoms with E-state index in [1.807, 2.05) is 6.07 Å².